The Labute approximate surface area is 181 Å². The molecule has 1 atom stereocenters. The summed E-state index contributed by atoms with van der Waals surface area (Å²) in [6.45, 7) is 9.12. The van der Waals surface area contributed by atoms with Crippen LogP contribution < -0.4 is 11.1 Å². The molecule has 4 nitrogen and oxygen atoms in total. The summed E-state index contributed by atoms with van der Waals surface area (Å²) >= 11 is 1.57. The Bertz CT molecular complexity index is 693. The van der Waals surface area contributed by atoms with Crippen molar-refractivity contribution in [3.05, 3.63) is 16.0 Å². The fraction of sp³-hybridized carbons (Fsp3) is 0.750. The van der Waals surface area contributed by atoms with Gasteiger partial charge in [0.05, 0.1) is 5.56 Å². The lowest BCUT2D eigenvalue weighted by Crippen LogP contribution is -2.29. The molecule has 29 heavy (non-hydrogen) atoms. The van der Waals surface area contributed by atoms with Crippen LogP contribution in [0.2, 0.25) is 0 Å². The molecule has 1 heterocycles. The summed E-state index contributed by atoms with van der Waals surface area (Å²) in [4.78, 5) is 25.8. The molecule has 164 valence electrons. The molecule has 0 spiro atoms. The van der Waals surface area contributed by atoms with E-state index in [-0.39, 0.29) is 11.3 Å². The first-order valence-electron chi connectivity index (χ1n) is 11.5. The van der Waals surface area contributed by atoms with Crippen LogP contribution >= 0.6 is 11.3 Å². The SMILES string of the molecule is CCCCCCCCCC(=O)Nc1sc2c(c1C(N)=O)CCC(C(C)(C)CC)C2. The smallest absolute Gasteiger partial charge is 0.251 e. The second kappa shape index (κ2) is 11.1. The van der Waals surface area contributed by atoms with Gasteiger partial charge in [-0.1, -0.05) is 72.6 Å². The van der Waals surface area contributed by atoms with Crippen LogP contribution in [0, 0.1) is 11.3 Å². The van der Waals surface area contributed by atoms with E-state index in [2.05, 4.69) is 33.0 Å². The summed E-state index contributed by atoms with van der Waals surface area (Å²) in [6, 6.07) is 0. The monoisotopic (exact) mass is 420 g/mol. The van der Waals surface area contributed by atoms with E-state index in [1.807, 2.05) is 0 Å². The van der Waals surface area contributed by atoms with Gasteiger partial charge in [0.25, 0.3) is 5.91 Å². The maximum Gasteiger partial charge on any atom is 0.251 e. The normalized spacial score (nSPS) is 16.5. The Hall–Kier alpha value is -1.36. The van der Waals surface area contributed by atoms with E-state index in [0.717, 1.165) is 44.1 Å². The van der Waals surface area contributed by atoms with Gasteiger partial charge in [0.2, 0.25) is 5.91 Å². The first-order chi connectivity index (χ1) is 13.8. The molecule has 0 bridgehead atoms. The molecular formula is C24H40N2O2S. The third-order valence-corrected chi connectivity index (χ3v) is 7.96. The zero-order valence-electron chi connectivity index (χ0n) is 18.9. The molecule has 0 radical (unpaired) electrons. The molecule has 1 unspecified atom stereocenters. The Kier molecular flexibility index (Phi) is 9.19. The van der Waals surface area contributed by atoms with Crippen LogP contribution in [-0.4, -0.2) is 11.8 Å². The van der Waals surface area contributed by atoms with Crippen molar-refractivity contribution in [1.29, 1.82) is 0 Å². The maximum absolute atomic E-state index is 12.4. The Morgan fingerprint density at radius 3 is 2.38 bits per heavy atom. The van der Waals surface area contributed by atoms with Gasteiger partial charge < -0.3 is 11.1 Å². The lowest BCUT2D eigenvalue weighted by Gasteiger charge is -2.36. The van der Waals surface area contributed by atoms with Gasteiger partial charge in [0, 0.05) is 11.3 Å². The molecule has 1 aromatic rings. The quantitative estimate of drug-likeness (QED) is 0.380. The number of hydrogen-bond donors (Lipinski definition) is 2. The minimum absolute atomic E-state index is 0.00472. The van der Waals surface area contributed by atoms with Crippen LogP contribution in [0.1, 0.15) is 113 Å². The molecule has 0 saturated carbocycles. The molecular weight excluding hydrogens is 380 g/mol. The number of amides is 2. The third-order valence-electron chi connectivity index (χ3n) is 6.79. The van der Waals surface area contributed by atoms with Crippen LogP contribution in [-0.2, 0) is 17.6 Å². The van der Waals surface area contributed by atoms with Gasteiger partial charge in [-0.05, 0) is 42.6 Å². The van der Waals surface area contributed by atoms with E-state index < -0.39 is 5.91 Å². The van der Waals surface area contributed by atoms with Gasteiger partial charge in [-0.25, -0.2) is 0 Å². The number of fused-ring (bicyclic) bond motifs is 1. The molecule has 0 fully saturated rings. The Morgan fingerprint density at radius 2 is 1.76 bits per heavy atom. The van der Waals surface area contributed by atoms with E-state index in [9.17, 15) is 9.59 Å². The number of nitrogens with two attached hydrogens (primary N) is 1. The molecule has 1 aliphatic carbocycles. The van der Waals surface area contributed by atoms with Gasteiger partial charge in [0.1, 0.15) is 5.00 Å². The fourth-order valence-electron chi connectivity index (χ4n) is 4.32. The van der Waals surface area contributed by atoms with Crippen LogP contribution in [0.25, 0.3) is 0 Å². The fourth-order valence-corrected chi connectivity index (χ4v) is 5.67. The number of rotatable bonds is 12. The average Bonchev–Trinajstić information content (AvgIpc) is 3.04. The first-order valence-corrected chi connectivity index (χ1v) is 12.4. The van der Waals surface area contributed by atoms with E-state index in [1.165, 1.54) is 37.0 Å². The van der Waals surface area contributed by atoms with Gasteiger partial charge in [0.15, 0.2) is 0 Å². The summed E-state index contributed by atoms with van der Waals surface area (Å²) in [5.41, 5.74) is 7.63. The minimum atomic E-state index is -0.415. The molecule has 1 aromatic heterocycles. The van der Waals surface area contributed by atoms with Crippen molar-refractivity contribution >= 4 is 28.2 Å². The number of carbonyl (C=O) groups excluding carboxylic acids is 2. The maximum atomic E-state index is 12.4. The molecule has 2 amide bonds. The topological polar surface area (TPSA) is 72.2 Å². The van der Waals surface area contributed by atoms with E-state index in [1.54, 1.807) is 11.3 Å². The van der Waals surface area contributed by atoms with E-state index in [0.29, 0.717) is 22.9 Å². The Morgan fingerprint density at radius 1 is 1.10 bits per heavy atom. The Balaban J connectivity index is 1.96. The van der Waals surface area contributed by atoms with Crippen LogP contribution in [0.3, 0.4) is 0 Å². The van der Waals surface area contributed by atoms with E-state index >= 15 is 0 Å². The predicted octanol–water partition coefficient (Wildman–Crippen LogP) is 6.47. The lowest BCUT2D eigenvalue weighted by atomic mass is 9.69. The zero-order valence-corrected chi connectivity index (χ0v) is 19.7. The second-order valence-corrected chi connectivity index (χ2v) is 10.4. The molecule has 0 saturated heterocycles. The molecule has 2 rings (SSSR count). The van der Waals surface area contributed by atoms with Crippen molar-refractivity contribution in [2.45, 2.75) is 105 Å². The standard InChI is InChI=1S/C24H40N2O2S/c1-5-7-8-9-10-11-12-13-20(27)26-23-21(22(25)28)18-15-14-17(16-19(18)29-23)24(3,4)6-2/h17H,5-16H2,1-4H3,(H2,25,28)(H,26,27). The molecule has 0 aliphatic heterocycles. The number of hydrogen-bond acceptors (Lipinski definition) is 3. The van der Waals surface area contributed by atoms with Gasteiger partial charge in [-0.2, -0.15) is 0 Å². The van der Waals surface area contributed by atoms with E-state index in [4.69, 9.17) is 5.73 Å². The summed E-state index contributed by atoms with van der Waals surface area (Å²) in [5.74, 6) is 0.197. The third kappa shape index (κ3) is 6.56. The van der Waals surface area contributed by atoms with Crippen molar-refractivity contribution in [2.75, 3.05) is 5.32 Å². The average molecular weight is 421 g/mol. The van der Waals surface area contributed by atoms with Crippen molar-refractivity contribution in [3.63, 3.8) is 0 Å². The summed E-state index contributed by atoms with van der Waals surface area (Å²) < 4.78 is 0. The summed E-state index contributed by atoms with van der Waals surface area (Å²) in [5, 5.41) is 3.68. The summed E-state index contributed by atoms with van der Waals surface area (Å²) in [7, 11) is 0. The largest absolute Gasteiger partial charge is 0.365 e. The van der Waals surface area contributed by atoms with Gasteiger partial charge >= 0.3 is 0 Å². The van der Waals surface area contributed by atoms with Crippen molar-refractivity contribution in [2.24, 2.45) is 17.1 Å². The lowest BCUT2D eigenvalue weighted by molar-refractivity contribution is -0.116. The number of unbranched alkanes of at least 4 members (excludes halogenated alkanes) is 6. The molecule has 0 aromatic carbocycles. The van der Waals surface area contributed by atoms with Crippen molar-refractivity contribution in [3.8, 4) is 0 Å². The van der Waals surface area contributed by atoms with Crippen LogP contribution in [0.15, 0.2) is 0 Å². The highest BCUT2D eigenvalue weighted by atomic mass is 32.1. The van der Waals surface area contributed by atoms with Gasteiger partial charge in [-0.15, -0.1) is 11.3 Å². The highest BCUT2D eigenvalue weighted by Gasteiger charge is 2.34. The molecule has 1 aliphatic rings. The highest BCUT2D eigenvalue weighted by molar-refractivity contribution is 7.17. The van der Waals surface area contributed by atoms with Crippen LogP contribution in [0.5, 0.6) is 0 Å². The zero-order chi connectivity index (χ0) is 21.4. The predicted molar refractivity (Wildman–Crippen MR) is 124 cm³/mol. The first kappa shape index (κ1) is 23.9. The van der Waals surface area contributed by atoms with Crippen molar-refractivity contribution < 1.29 is 9.59 Å². The second-order valence-electron chi connectivity index (χ2n) is 9.27. The van der Waals surface area contributed by atoms with Gasteiger partial charge in [-0.3, -0.25) is 9.59 Å². The molecule has 3 N–H and O–H groups in total. The number of primary amides is 1. The number of thiophene rings is 1. The molecule has 5 heteroatoms. The summed E-state index contributed by atoms with van der Waals surface area (Å²) in [6.07, 6.45) is 12.9. The number of carbonyl (C=O) groups is 2. The number of nitrogens with one attached hydrogen (secondary N) is 1. The van der Waals surface area contributed by atoms with Crippen LogP contribution in [0.4, 0.5) is 5.00 Å². The van der Waals surface area contributed by atoms with Crippen molar-refractivity contribution in [1.82, 2.24) is 0 Å². The number of anilines is 1. The minimum Gasteiger partial charge on any atom is -0.365 e. The highest BCUT2D eigenvalue weighted by Crippen LogP contribution is 2.45.